The number of carbonyl (C=O) groups excluding carboxylic acids is 2. The van der Waals surface area contributed by atoms with E-state index in [-0.39, 0.29) is 22.4 Å². The second-order valence-corrected chi connectivity index (χ2v) is 5.59. The molecule has 0 unspecified atom stereocenters. The van der Waals surface area contributed by atoms with Crippen molar-refractivity contribution in [1.29, 1.82) is 0 Å². The Morgan fingerprint density at radius 1 is 1.35 bits per heavy atom. The van der Waals surface area contributed by atoms with E-state index in [1.54, 1.807) is 14.0 Å². The second-order valence-electron chi connectivity index (χ2n) is 4.80. The number of rotatable bonds is 4. The summed E-state index contributed by atoms with van der Waals surface area (Å²) in [6, 6.07) is 4.54. The van der Waals surface area contributed by atoms with E-state index in [9.17, 15) is 9.59 Å². The van der Waals surface area contributed by atoms with Crippen LogP contribution in [-0.4, -0.2) is 35.9 Å². The largest absolute Gasteiger partial charge is 0.465 e. The highest BCUT2D eigenvalue weighted by molar-refractivity contribution is 6.34. The number of furan rings is 1. The van der Waals surface area contributed by atoms with Gasteiger partial charge in [0.1, 0.15) is 27.9 Å². The maximum absolute atomic E-state index is 12.4. The molecular formula is C15H14Cl2N2O4. The van der Waals surface area contributed by atoms with Gasteiger partial charge in [0.25, 0.3) is 5.91 Å². The van der Waals surface area contributed by atoms with Gasteiger partial charge in [0.05, 0.1) is 18.7 Å². The van der Waals surface area contributed by atoms with Crippen LogP contribution in [-0.2, 0) is 11.3 Å². The summed E-state index contributed by atoms with van der Waals surface area (Å²) in [7, 11) is 2.85. The summed E-state index contributed by atoms with van der Waals surface area (Å²) in [6.07, 6.45) is 0. The second kappa shape index (κ2) is 7.02. The van der Waals surface area contributed by atoms with E-state index in [1.807, 2.05) is 0 Å². The number of halogens is 2. The Morgan fingerprint density at radius 2 is 2.04 bits per heavy atom. The zero-order chi connectivity index (χ0) is 17.1. The zero-order valence-corrected chi connectivity index (χ0v) is 14.2. The van der Waals surface area contributed by atoms with E-state index in [1.165, 1.54) is 30.2 Å². The number of esters is 1. The van der Waals surface area contributed by atoms with Crippen LogP contribution in [0.5, 0.6) is 0 Å². The van der Waals surface area contributed by atoms with Gasteiger partial charge < -0.3 is 14.1 Å². The molecule has 23 heavy (non-hydrogen) atoms. The Balaban J connectivity index is 2.18. The Bertz CT molecular complexity index is 758. The Kier molecular flexibility index (Phi) is 5.28. The summed E-state index contributed by atoms with van der Waals surface area (Å²) < 4.78 is 10.1. The molecule has 0 saturated heterocycles. The molecular weight excluding hydrogens is 343 g/mol. The smallest absolute Gasteiger partial charge is 0.341 e. The maximum atomic E-state index is 12.4. The summed E-state index contributed by atoms with van der Waals surface area (Å²) in [4.78, 5) is 29.3. The van der Waals surface area contributed by atoms with Gasteiger partial charge in [-0.05, 0) is 25.1 Å². The van der Waals surface area contributed by atoms with Crippen LogP contribution in [0.4, 0.5) is 0 Å². The third kappa shape index (κ3) is 3.83. The molecule has 122 valence electrons. The first-order valence-electron chi connectivity index (χ1n) is 6.58. The molecule has 0 N–H and O–H groups in total. The van der Waals surface area contributed by atoms with E-state index >= 15 is 0 Å². The van der Waals surface area contributed by atoms with Gasteiger partial charge >= 0.3 is 5.97 Å². The van der Waals surface area contributed by atoms with E-state index < -0.39 is 11.9 Å². The summed E-state index contributed by atoms with van der Waals surface area (Å²) in [5, 5.41) is 0.380. The predicted molar refractivity (Wildman–Crippen MR) is 84.8 cm³/mol. The molecule has 2 aromatic rings. The van der Waals surface area contributed by atoms with Crippen molar-refractivity contribution in [3.63, 3.8) is 0 Å². The minimum absolute atomic E-state index is 0.0538. The highest BCUT2D eigenvalue weighted by Gasteiger charge is 2.21. The third-order valence-electron chi connectivity index (χ3n) is 3.13. The first-order valence-corrected chi connectivity index (χ1v) is 7.34. The minimum Gasteiger partial charge on any atom is -0.465 e. The number of pyridine rings is 1. The van der Waals surface area contributed by atoms with E-state index in [2.05, 4.69) is 9.72 Å². The highest BCUT2D eigenvalue weighted by Crippen LogP contribution is 2.21. The van der Waals surface area contributed by atoms with Crippen molar-refractivity contribution in [1.82, 2.24) is 9.88 Å². The monoisotopic (exact) mass is 356 g/mol. The quantitative estimate of drug-likeness (QED) is 0.620. The zero-order valence-electron chi connectivity index (χ0n) is 12.7. The van der Waals surface area contributed by atoms with Crippen LogP contribution in [0.1, 0.15) is 32.4 Å². The molecule has 0 bridgehead atoms. The fourth-order valence-corrected chi connectivity index (χ4v) is 2.32. The number of methoxy groups -OCH3 is 1. The van der Waals surface area contributed by atoms with Crippen LogP contribution in [0.2, 0.25) is 10.2 Å². The number of aromatic nitrogens is 1. The molecule has 0 fully saturated rings. The highest BCUT2D eigenvalue weighted by atomic mass is 35.5. The summed E-state index contributed by atoms with van der Waals surface area (Å²) >= 11 is 11.8. The molecule has 8 heteroatoms. The third-order valence-corrected chi connectivity index (χ3v) is 3.64. The number of nitrogens with zero attached hydrogens (tertiary/aromatic N) is 2. The summed E-state index contributed by atoms with van der Waals surface area (Å²) in [5.41, 5.74) is 0.375. The molecule has 0 atom stereocenters. The van der Waals surface area contributed by atoms with Gasteiger partial charge in [-0.25, -0.2) is 9.78 Å². The van der Waals surface area contributed by atoms with Crippen molar-refractivity contribution >= 4 is 35.1 Å². The number of ether oxygens (including phenoxy) is 1. The molecule has 0 radical (unpaired) electrons. The lowest BCUT2D eigenvalue weighted by Gasteiger charge is -2.15. The van der Waals surface area contributed by atoms with Crippen LogP contribution in [0.15, 0.2) is 22.6 Å². The van der Waals surface area contributed by atoms with Crippen LogP contribution < -0.4 is 0 Å². The number of hydrogen-bond acceptors (Lipinski definition) is 5. The molecule has 0 saturated carbocycles. The molecule has 0 spiro atoms. The fourth-order valence-electron chi connectivity index (χ4n) is 1.99. The Morgan fingerprint density at radius 3 is 2.70 bits per heavy atom. The molecule has 2 heterocycles. The number of carbonyl (C=O) groups is 2. The molecule has 0 aliphatic rings. The number of aryl methyl sites for hydroxylation is 1. The van der Waals surface area contributed by atoms with E-state index in [0.717, 1.165) is 0 Å². The molecule has 0 aliphatic heterocycles. The van der Waals surface area contributed by atoms with Gasteiger partial charge in [-0.1, -0.05) is 23.2 Å². The molecule has 0 aliphatic carbocycles. The van der Waals surface area contributed by atoms with Crippen molar-refractivity contribution in [2.45, 2.75) is 13.5 Å². The lowest BCUT2D eigenvalue weighted by molar-refractivity contribution is 0.0598. The van der Waals surface area contributed by atoms with Crippen LogP contribution in [0, 0.1) is 6.92 Å². The van der Waals surface area contributed by atoms with Crippen molar-refractivity contribution in [3.8, 4) is 0 Å². The van der Waals surface area contributed by atoms with Gasteiger partial charge in [0.15, 0.2) is 0 Å². The molecule has 2 aromatic heterocycles. The van der Waals surface area contributed by atoms with Gasteiger partial charge in [0, 0.05) is 7.05 Å². The predicted octanol–water partition coefficient (Wildman–Crippen LogP) is 3.35. The average molecular weight is 357 g/mol. The molecule has 6 nitrogen and oxygen atoms in total. The van der Waals surface area contributed by atoms with Gasteiger partial charge in [-0.3, -0.25) is 4.79 Å². The van der Waals surface area contributed by atoms with Crippen molar-refractivity contribution in [2.75, 3.05) is 14.2 Å². The molecule has 2 rings (SSSR count). The fraction of sp³-hybridized carbons (Fsp3) is 0.267. The summed E-state index contributed by atoms with van der Waals surface area (Å²) in [5.74, 6) is -0.0410. The van der Waals surface area contributed by atoms with Crippen molar-refractivity contribution in [2.24, 2.45) is 0 Å². The number of hydrogen-bond donors (Lipinski definition) is 0. The van der Waals surface area contributed by atoms with Crippen LogP contribution in [0.3, 0.4) is 0 Å². The van der Waals surface area contributed by atoms with Crippen molar-refractivity contribution in [3.05, 3.63) is 51.2 Å². The van der Waals surface area contributed by atoms with E-state index in [4.69, 9.17) is 27.6 Å². The van der Waals surface area contributed by atoms with Gasteiger partial charge in [0.2, 0.25) is 0 Å². The number of amides is 1. The Labute approximate surface area is 142 Å². The molecule has 1 amide bonds. The maximum Gasteiger partial charge on any atom is 0.341 e. The lowest BCUT2D eigenvalue weighted by Crippen LogP contribution is -2.27. The van der Waals surface area contributed by atoms with Crippen LogP contribution in [0.25, 0.3) is 0 Å². The average Bonchev–Trinajstić information content (AvgIpc) is 2.88. The normalized spacial score (nSPS) is 10.5. The van der Waals surface area contributed by atoms with Gasteiger partial charge in [-0.15, -0.1) is 0 Å². The van der Waals surface area contributed by atoms with Gasteiger partial charge in [-0.2, -0.15) is 0 Å². The first-order chi connectivity index (χ1) is 10.8. The SMILES string of the molecule is COC(=O)c1cc(CN(C)C(=O)c2nc(Cl)ccc2Cl)oc1C. The molecule has 0 aromatic carbocycles. The van der Waals surface area contributed by atoms with Crippen LogP contribution >= 0.6 is 23.2 Å². The Hall–Kier alpha value is -2.05. The standard InChI is InChI=1S/C15H14Cl2N2O4/c1-8-10(15(21)22-3)6-9(23-8)7-19(2)14(20)13-11(16)4-5-12(17)18-13/h4-6H,7H2,1-3H3. The topological polar surface area (TPSA) is 72.6 Å². The lowest BCUT2D eigenvalue weighted by atomic mass is 10.2. The summed E-state index contributed by atoms with van der Waals surface area (Å²) in [6.45, 7) is 1.79. The first kappa shape index (κ1) is 17.3. The van der Waals surface area contributed by atoms with E-state index in [0.29, 0.717) is 17.1 Å². The van der Waals surface area contributed by atoms with Crippen molar-refractivity contribution < 1.29 is 18.7 Å². The minimum atomic E-state index is -0.494.